The lowest BCUT2D eigenvalue weighted by molar-refractivity contribution is -0.159. The minimum Gasteiger partial charge on any atom is -0.460 e. The van der Waals surface area contributed by atoms with E-state index in [1.165, 1.54) is 76.2 Å². The number of esters is 6. The Balaban J connectivity index is 1.70. The fraction of sp³-hybridized carbons (Fsp3) is 0.803. The van der Waals surface area contributed by atoms with Gasteiger partial charge in [-0.25, -0.2) is 14.4 Å². The number of benzene rings is 1. The zero-order valence-corrected chi connectivity index (χ0v) is 64.6. The normalized spacial score (nSPS) is 15.3. The van der Waals surface area contributed by atoms with Gasteiger partial charge in [-0.2, -0.15) is 0 Å². The van der Waals surface area contributed by atoms with E-state index < -0.39 is 69.6 Å². The van der Waals surface area contributed by atoms with Crippen LogP contribution in [0, 0.1) is 0 Å². The zero-order chi connectivity index (χ0) is 74.5. The SMILES string of the molecule is CC(C)(C)OC(=O)CCC(NC(=O)NC(CCCCNC(=O)CCCCCCCCCCCCCCCCCc1ccc(NC(=O)CN2CCN(CC(=O)OC(C)(C)C)CCN(CC(=O)OC(C)(C)C)CCN(CC(=O)OC(C)(C)C)CC2)cc1)C(=O)OC(C)(C)C)C(=O)OC(C)(C)C. The largest absolute Gasteiger partial charge is 0.460 e. The number of anilines is 1. The van der Waals surface area contributed by atoms with Gasteiger partial charge in [0.25, 0.3) is 0 Å². The lowest BCUT2D eigenvalue weighted by Gasteiger charge is -2.34. The molecule has 1 aromatic rings. The van der Waals surface area contributed by atoms with Gasteiger partial charge in [-0.15, -0.1) is 0 Å². The highest BCUT2D eigenvalue weighted by molar-refractivity contribution is 5.92. The molecule has 2 unspecified atom stereocenters. The zero-order valence-electron chi connectivity index (χ0n) is 64.6. The highest BCUT2D eigenvalue weighted by atomic mass is 16.6. The number of rotatable bonds is 39. The van der Waals surface area contributed by atoms with E-state index in [1.807, 2.05) is 89.1 Å². The lowest BCUT2D eigenvalue weighted by Crippen LogP contribution is -2.53. The van der Waals surface area contributed by atoms with Gasteiger partial charge in [0.05, 0.1) is 26.2 Å². The van der Waals surface area contributed by atoms with Crippen LogP contribution in [0.1, 0.15) is 265 Å². The van der Waals surface area contributed by atoms with E-state index in [0.29, 0.717) is 78.2 Å². The van der Waals surface area contributed by atoms with Gasteiger partial charge in [0.2, 0.25) is 11.8 Å². The van der Waals surface area contributed by atoms with Gasteiger partial charge in [0.1, 0.15) is 45.7 Å². The Morgan fingerprint density at radius 1 is 0.354 bits per heavy atom. The molecule has 2 rings (SSSR count). The molecular formula is C76H134N8O15. The number of ether oxygens (including phenoxy) is 6. The predicted molar refractivity (Wildman–Crippen MR) is 389 cm³/mol. The van der Waals surface area contributed by atoms with E-state index in [-0.39, 0.29) is 75.2 Å². The second-order valence-corrected chi connectivity index (χ2v) is 32.7. The molecule has 0 saturated carbocycles. The van der Waals surface area contributed by atoms with Crippen LogP contribution >= 0.6 is 0 Å². The Hall–Kier alpha value is -5.91. The van der Waals surface area contributed by atoms with Gasteiger partial charge < -0.3 is 49.7 Å². The van der Waals surface area contributed by atoms with Gasteiger partial charge in [-0.3, -0.25) is 48.4 Å². The Bertz CT molecular complexity index is 2530. The van der Waals surface area contributed by atoms with Gasteiger partial charge >= 0.3 is 41.8 Å². The smallest absolute Gasteiger partial charge is 0.329 e. The van der Waals surface area contributed by atoms with Crippen molar-refractivity contribution in [2.24, 2.45) is 0 Å². The van der Waals surface area contributed by atoms with E-state index in [1.54, 1.807) is 62.3 Å². The molecule has 23 nitrogen and oxygen atoms in total. The van der Waals surface area contributed by atoms with Crippen LogP contribution < -0.4 is 21.3 Å². The van der Waals surface area contributed by atoms with Crippen molar-refractivity contribution >= 4 is 59.3 Å². The highest BCUT2D eigenvalue weighted by Gasteiger charge is 2.33. The summed E-state index contributed by atoms with van der Waals surface area (Å²) in [6, 6.07) is 5.11. The maximum atomic E-state index is 13.7. The van der Waals surface area contributed by atoms with Crippen molar-refractivity contribution in [1.29, 1.82) is 0 Å². The summed E-state index contributed by atoms with van der Waals surface area (Å²) in [4.78, 5) is 126. The van der Waals surface area contributed by atoms with Crippen LogP contribution in [0.25, 0.3) is 0 Å². The minimum atomic E-state index is -1.18. The molecule has 0 bridgehead atoms. The molecule has 1 fully saturated rings. The molecule has 0 aromatic heterocycles. The van der Waals surface area contributed by atoms with Crippen molar-refractivity contribution in [3.8, 4) is 0 Å². The summed E-state index contributed by atoms with van der Waals surface area (Å²) in [6.07, 6.45) is 20.2. The molecular weight excluding hydrogens is 1260 g/mol. The molecule has 2 atom stereocenters. The molecule has 0 radical (unpaired) electrons. The molecule has 1 heterocycles. The van der Waals surface area contributed by atoms with Gasteiger partial charge in [0, 0.05) is 77.4 Å². The second-order valence-electron chi connectivity index (χ2n) is 32.7. The van der Waals surface area contributed by atoms with E-state index in [0.717, 1.165) is 37.8 Å². The summed E-state index contributed by atoms with van der Waals surface area (Å²) in [6.45, 7) is 36.4. The number of hydrogen-bond donors (Lipinski definition) is 4. The van der Waals surface area contributed by atoms with Crippen LogP contribution in [0.4, 0.5) is 10.5 Å². The van der Waals surface area contributed by atoms with Crippen LogP contribution in [0.5, 0.6) is 0 Å². The van der Waals surface area contributed by atoms with E-state index in [2.05, 4.69) is 38.3 Å². The Labute approximate surface area is 595 Å². The third kappa shape index (κ3) is 49.3. The van der Waals surface area contributed by atoms with Crippen molar-refractivity contribution in [1.82, 2.24) is 35.6 Å². The van der Waals surface area contributed by atoms with Gasteiger partial charge in [-0.05, 0) is 187 Å². The number of nitrogens with one attached hydrogen (secondary N) is 4. The second kappa shape index (κ2) is 45.2. The molecule has 1 aromatic carbocycles. The number of unbranched alkanes of at least 4 members (excludes halogenated alkanes) is 15. The van der Waals surface area contributed by atoms with E-state index >= 15 is 0 Å². The van der Waals surface area contributed by atoms with Gasteiger partial charge in [-0.1, -0.05) is 95.6 Å². The number of amides is 4. The molecule has 99 heavy (non-hydrogen) atoms. The molecule has 1 aliphatic rings. The molecule has 0 spiro atoms. The summed E-state index contributed by atoms with van der Waals surface area (Å²) >= 11 is 0. The third-order valence-electron chi connectivity index (χ3n) is 15.5. The first-order chi connectivity index (χ1) is 46.0. The number of carbonyl (C=O) groups is 9. The van der Waals surface area contributed by atoms with E-state index in [9.17, 15) is 43.2 Å². The molecule has 4 N–H and O–H groups in total. The van der Waals surface area contributed by atoms with E-state index in [4.69, 9.17) is 28.4 Å². The number of urea groups is 1. The summed E-state index contributed by atoms with van der Waals surface area (Å²) in [5.41, 5.74) is -2.37. The van der Waals surface area contributed by atoms with Crippen LogP contribution in [0.2, 0.25) is 0 Å². The van der Waals surface area contributed by atoms with Crippen molar-refractivity contribution in [2.45, 2.75) is 312 Å². The maximum absolute atomic E-state index is 13.7. The highest BCUT2D eigenvalue weighted by Crippen LogP contribution is 2.20. The number of carbonyl (C=O) groups excluding carboxylic acids is 9. The number of hydrogen-bond acceptors (Lipinski definition) is 19. The summed E-state index contributed by atoms with van der Waals surface area (Å²) in [5, 5.41) is 11.3. The Morgan fingerprint density at radius 3 is 1.04 bits per heavy atom. The first-order valence-electron chi connectivity index (χ1n) is 37.0. The number of nitrogens with zero attached hydrogens (tertiary/aromatic N) is 4. The maximum Gasteiger partial charge on any atom is 0.329 e. The molecule has 568 valence electrons. The van der Waals surface area contributed by atoms with Crippen molar-refractivity contribution in [2.75, 3.05) is 90.4 Å². The minimum absolute atomic E-state index is 0.00399. The van der Waals surface area contributed by atoms with Crippen LogP contribution in [0.3, 0.4) is 0 Å². The predicted octanol–water partition coefficient (Wildman–Crippen LogP) is 11.8. The average molecular weight is 1400 g/mol. The first kappa shape index (κ1) is 89.2. The molecule has 1 aliphatic heterocycles. The quantitative estimate of drug-likeness (QED) is 0.0271. The molecule has 23 heteroatoms. The first-order valence-corrected chi connectivity index (χ1v) is 37.0. The average Bonchev–Trinajstić information content (AvgIpc) is 0.889. The topological polar surface area (TPSA) is 270 Å². The van der Waals surface area contributed by atoms with Crippen molar-refractivity contribution in [3.05, 3.63) is 29.8 Å². The summed E-state index contributed by atoms with van der Waals surface area (Å²) in [7, 11) is 0. The third-order valence-corrected chi connectivity index (χ3v) is 15.5. The lowest BCUT2D eigenvalue weighted by atomic mass is 10.0. The van der Waals surface area contributed by atoms with Crippen LogP contribution in [-0.2, 0) is 73.2 Å². The van der Waals surface area contributed by atoms with Crippen LogP contribution in [-0.4, -0.2) is 204 Å². The van der Waals surface area contributed by atoms with Crippen molar-refractivity contribution < 1.29 is 71.6 Å². The van der Waals surface area contributed by atoms with Crippen molar-refractivity contribution in [3.63, 3.8) is 0 Å². The molecule has 4 amide bonds. The fourth-order valence-corrected chi connectivity index (χ4v) is 11.0. The number of aryl methyl sites for hydroxylation is 1. The van der Waals surface area contributed by atoms with Gasteiger partial charge in [0.15, 0.2) is 0 Å². The molecule has 0 aliphatic carbocycles. The summed E-state index contributed by atoms with van der Waals surface area (Å²) in [5.74, 6) is -3.09. The standard InChI is InChI=1S/C76H134N8O15/c1-71(2,3)94-64(87)44-43-61(69(92)99-76(16,17)18)80-70(93)79-60(68(91)98-75(13,14)15)37-34-35-45-77-62(85)38-33-31-29-27-25-23-21-19-20-22-24-26-28-30-32-36-58-39-41-59(42-40-58)78-63(86)54-81-46-48-82(55-65(88)95-72(4,5)6)50-52-84(57-67(90)97-74(10,11)12)53-51-83(49-47-81)56-66(89)96-73(7,8)9/h39-42,60-61H,19-38,43-57H2,1-18H3,(H,77,85)(H,78,86)(H2,79,80,93). The monoisotopic (exact) mass is 1400 g/mol. The Kier molecular flexibility index (Phi) is 40.7. The Morgan fingerprint density at radius 2 is 0.677 bits per heavy atom. The fourth-order valence-electron chi connectivity index (χ4n) is 11.0. The summed E-state index contributed by atoms with van der Waals surface area (Å²) < 4.78 is 33.6. The molecule has 1 saturated heterocycles. The van der Waals surface area contributed by atoms with Crippen LogP contribution in [0.15, 0.2) is 24.3 Å².